The number of carbonyl (C=O) groups is 3. The SMILES string of the molecule is C=C1/C=C\C=C/CNC=C1CC(NC(=O)C1CCCN1C(=O)CCCCCc1ccccc1)C(=O)O. The van der Waals surface area contributed by atoms with Crippen molar-refractivity contribution < 1.29 is 19.5 Å². The zero-order valence-electron chi connectivity index (χ0n) is 20.8. The molecule has 36 heavy (non-hydrogen) atoms. The molecule has 0 aromatic heterocycles. The Morgan fingerprint density at radius 2 is 1.94 bits per heavy atom. The number of hydrogen-bond donors (Lipinski definition) is 3. The van der Waals surface area contributed by atoms with E-state index in [1.54, 1.807) is 11.1 Å². The lowest BCUT2D eigenvalue weighted by molar-refractivity contribution is -0.143. The van der Waals surface area contributed by atoms with E-state index in [-0.39, 0.29) is 12.3 Å². The van der Waals surface area contributed by atoms with Crippen LogP contribution in [0.2, 0.25) is 0 Å². The second kappa shape index (κ2) is 14.1. The number of nitrogens with one attached hydrogen (secondary N) is 2. The van der Waals surface area contributed by atoms with Gasteiger partial charge in [0.2, 0.25) is 11.8 Å². The number of hydrogen-bond acceptors (Lipinski definition) is 4. The van der Waals surface area contributed by atoms with Gasteiger partial charge >= 0.3 is 5.97 Å². The quantitative estimate of drug-likeness (QED) is 0.408. The number of carboxylic acid groups (broad SMARTS) is 1. The number of nitrogens with zero attached hydrogens (tertiary/aromatic N) is 1. The van der Waals surface area contributed by atoms with Crippen LogP contribution in [-0.2, 0) is 20.8 Å². The summed E-state index contributed by atoms with van der Waals surface area (Å²) in [6.07, 6.45) is 14.7. The number of rotatable bonds is 11. The van der Waals surface area contributed by atoms with Crippen molar-refractivity contribution >= 4 is 17.8 Å². The molecule has 7 heteroatoms. The Labute approximate surface area is 213 Å². The fourth-order valence-electron chi connectivity index (χ4n) is 4.55. The van der Waals surface area contributed by atoms with E-state index >= 15 is 0 Å². The molecule has 0 bridgehead atoms. The molecule has 0 aliphatic carbocycles. The number of unbranched alkanes of at least 4 members (excludes halogenated alkanes) is 2. The Bertz CT molecular complexity index is 1010. The fourth-order valence-corrected chi connectivity index (χ4v) is 4.55. The second-order valence-electron chi connectivity index (χ2n) is 9.29. The number of benzene rings is 1. The first-order chi connectivity index (χ1) is 17.5. The molecule has 2 aliphatic rings. The highest BCUT2D eigenvalue weighted by molar-refractivity contribution is 5.91. The smallest absolute Gasteiger partial charge is 0.326 e. The van der Waals surface area contributed by atoms with Gasteiger partial charge in [-0.05, 0) is 48.8 Å². The second-order valence-corrected chi connectivity index (χ2v) is 9.29. The third kappa shape index (κ3) is 8.26. The van der Waals surface area contributed by atoms with E-state index in [4.69, 9.17) is 0 Å². The molecule has 0 radical (unpaired) electrons. The monoisotopic (exact) mass is 491 g/mol. The third-order valence-electron chi connectivity index (χ3n) is 6.58. The fraction of sp³-hybridized carbons (Fsp3) is 0.414. The third-order valence-corrected chi connectivity index (χ3v) is 6.58. The highest BCUT2D eigenvalue weighted by Crippen LogP contribution is 2.21. The molecule has 0 saturated carbocycles. The number of carboxylic acids is 1. The first-order valence-corrected chi connectivity index (χ1v) is 12.8. The Morgan fingerprint density at radius 1 is 1.14 bits per heavy atom. The molecule has 2 heterocycles. The first kappa shape index (κ1) is 27.0. The summed E-state index contributed by atoms with van der Waals surface area (Å²) in [6, 6.07) is 8.55. The van der Waals surface area contributed by atoms with Crippen molar-refractivity contribution in [3.8, 4) is 0 Å². The minimum atomic E-state index is -1.12. The molecule has 2 unspecified atom stereocenters. The van der Waals surface area contributed by atoms with Crippen molar-refractivity contribution in [3.05, 3.63) is 84.1 Å². The normalized spacial score (nSPS) is 20.2. The van der Waals surface area contributed by atoms with Crippen LogP contribution in [-0.4, -0.2) is 53.0 Å². The predicted molar refractivity (Wildman–Crippen MR) is 141 cm³/mol. The summed E-state index contributed by atoms with van der Waals surface area (Å²) < 4.78 is 0. The van der Waals surface area contributed by atoms with Gasteiger partial charge in [-0.25, -0.2) is 4.79 Å². The number of allylic oxidation sites excluding steroid dienone is 4. The minimum absolute atomic E-state index is 0.0339. The van der Waals surface area contributed by atoms with Crippen LogP contribution in [0.3, 0.4) is 0 Å². The van der Waals surface area contributed by atoms with Gasteiger partial charge in [-0.1, -0.05) is 67.6 Å². The van der Waals surface area contributed by atoms with Gasteiger partial charge in [-0.2, -0.15) is 0 Å². The zero-order valence-corrected chi connectivity index (χ0v) is 20.8. The average Bonchev–Trinajstić information content (AvgIpc) is 3.39. The topological polar surface area (TPSA) is 98.7 Å². The number of likely N-dealkylation sites (tertiary alicyclic amines) is 1. The maximum Gasteiger partial charge on any atom is 0.326 e. The standard InChI is InChI=1S/C29H37N3O4/c1-22-12-5-4-10-18-30-21-24(22)20-25(29(35)36)31-28(34)26-16-11-19-32(26)27(33)17-9-3-8-15-23-13-6-2-7-14-23/h2,4-7,10,12-14,21,25-26,30H,1,3,8-9,11,15-20H2,(H,31,34)(H,35,36)/b10-4-,12-5-,24-21?. The molecule has 2 atom stereocenters. The van der Waals surface area contributed by atoms with E-state index in [0.717, 1.165) is 32.1 Å². The van der Waals surface area contributed by atoms with E-state index in [1.807, 2.05) is 42.5 Å². The molecule has 192 valence electrons. The van der Waals surface area contributed by atoms with E-state index in [1.165, 1.54) is 5.56 Å². The van der Waals surface area contributed by atoms with Crippen LogP contribution in [0.4, 0.5) is 0 Å². The van der Waals surface area contributed by atoms with Crippen LogP contribution in [0.5, 0.6) is 0 Å². The van der Waals surface area contributed by atoms with Gasteiger partial charge in [-0.3, -0.25) is 9.59 Å². The molecule has 1 aromatic carbocycles. The zero-order chi connectivity index (χ0) is 25.8. The molecule has 3 rings (SSSR count). The first-order valence-electron chi connectivity index (χ1n) is 12.8. The molecule has 1 fully saturated rings. The maximum absolute atomic E-state index is 13.1. The maximum atomic E-state index is 13.1. The van der Waals surface area contributed by atoms with Crippen molar-refractivity contribution in [3.63, 3.8) is 0 Å². The van der Waals surface area contributed by atoms with Crippen LogP contribution >= 0.6 is 0 Å². The summed E-state index contributed by atoms with van der Waals surface area (Å²) in [5, 5.41) is 15.6. The highest BCUT2D eigenvalue weighted by Gasteiger charge is 2.35. The predicted octanol–water partition coefficient (Wildman–Crippen LogP) is 3.90. The summed E-state index contributed by atoms with van der Waals surface area (Å²) in [7, 11) is 0. The summed E-state index contributed by atoms with van der Waals surface area (Å²) >= 11 is 0. The van der Waals surface area contributed by atoms with Gasteiger partial charge < -0.3 is 20.6 Å². The van der Waals surface area contributed by atoms with E-state index in [9.17, 15) is 19.5 Å². The lowest BCUT2D eigenvalue weighted by atomic mass is 9.99. The molecular formula is C29H37N3O4. The number of carbonyl (C=O) groups excluding carboxylic acids is 2. The highest BCUT2D eigenvalue weighted by atomic mass is 16.4. The van der Waals surface area contributed by atoms with Gasteiger partial charge in [-0.15, -0.1) is 0 Å². The lowest BCUT2D eigenvalue weighted by Gasteiger charge is -2.26. The molecule has 1 saturated heterocycles. The number of aryl methyl sites for hydroxylation is 1. The van der Waals surface area contributed by atoms with Crippen molar-refractivity contribution in [2.75, 3.05) is 13.1 Å². The number of aliphatic carboxylic acids is 1. The number of amides is 2. The average molecular weight is 492 g/mol. The molecule has 3 N–H and O–H groups in total. The van der Waals surface area contributed by atoms with Gasteiger partial charge in [0.1, 0.15) is 12.1 Å². The van der Waals surface area contributed by atoms with E-state index in [0.29, 0.717) is 37.1 Å². The van der Waals surface area contributed by atoms with Gasteiger partial charge in [0.25, 0.3) is 0 Å². The Kier molecular flexibility index (Phi) is 10.5. The van der Waals surface area contributed by atoms with Crippen LogP contribution in [0.15, 0.2) is 78.6 Å². The largest absolute Gasteiger partial charge is 0.480 e. The lowest BCUT2D eigenvalue weighted by Crippen LogP contribution is -2.51. The molecule has 0 spiro atoms. The minimum Gasteiger partial charge on any atom is -0.480 e. The Morgan fingerprint density at radius 3 is 2.72 bits per heavy atom. The molecular weight excluding hydrogens is 454 g/mol. The van der Waals surface area contributed by atoms with Crippen molar-refractivity contribution in [2.45, 2.75) is 63.5 Å². The van der Waals surface area contributed by atoms with Crippen LogP contribution < -0.4 is 10.6 Å². The summed E-state index contributed by atoms with van der Waals surface area (Å²) in [5.74, 6) is -1.56. The van der Waals surface area contributed by atoms with Gasteiger partial charge in [0, 0.05) is 32.1 Å². The Balaban J connectivity index is 1.50. The van der Waals surface area contributed by atoms with E-state index < -0.39 is 24.0 Å². The van der Waals surface area contributed by atoms with Crippen LogP contribution in [0, 0.1) is 0 Å². The van der Waals surface area contributed by atoms with Crippen LogP contribution in [0.1, 0.15) is 50.5 Å². The van der Waals surface area contributed by atoms with Crippen molar-refractivity contribution in [2.24, 2.45) is 0 Å². The summed E-state index contributed by atoms with van der Waals surface area (Å²) in [5.41, 5.74) is 2.68. The van der Waals surface area contributed by atoms with Gasteiger partial charge in [0.15, 0.2) is 0 Å². The molecule has 7 nitrogen and oxygen atoms in total. The van der Waals surface area contributed by atoms with E-state index in [2.05, 4.69) is 29.3 Å². The van der Waals surface area contributed by atoms with Crippen molar-refractivity contribution in [1.82, 2.24) is 15.5 Å². The molecule has 2 aliphatic heterocycles. The summed E-state index contributed by atoms with van der Waals surface area (Å²) in [6.45, 7) is 5.15. The van der Waals surface area contributed by atoms with Crippen molar-refractivity contribution in [1.29, 1.82) is 0 Å². The molecule has 1 aromatic rings. The summed E-state index contributed by atoms with van der Waals surface area (Å²) in [4.78, 5) is 39.5. The van der Waals surface area contributed by atoms with Crippen LogP contribution in [0.25, 0.3) is 0 Å². The molecule has 2 amide bonds. The Hall–Kier alpha value is -3.61. The van der Waals surface area contributed by atoms with Gasteiger partial charge in [0.05, 0.1) is 0 Å².